The molecule has 1 aliphatic carbocycles. The Kier molecular flexibility index (Phi) is 3.07. The predicted molar refractivity (Wildman–Crippen MR) is 66.7 cm³/mol. The average molecular weight is 250 g/mol. The normalized spacial score (nSPS) is 19.5. The van der Waals surface area contributed by atoms with Crippen molar-refractivity contribution >= 4 is 9.84 Å². The van der Waals surface area contributed by atoms with E-state index in [1.165, 1.54) is 12.1 Å². The second-order valence-corrected chi connectivity index (χ2v) is 6.24. The Morgan fingerprint density at radius 3 is 2.71 bits per heavy atom. The number of rotatable bonds is 2. The molecular weight excluding hydrogens is 236 g/mol. The van der Waals surface area contributed by atoms with Crippen LogP contribution in [-0.4, -0.2) is 18.8 Å². The summed E-state index contributed by atoms with van der Waals surface area (Å²) in [4.78, 5) is 0.0162. The van der Waals surface area contributed by atoms with Gasteiger partial charge in [0.1, 0.15) is 10.6 Å². The molecule has 90 valence electrons. The number of hydrogen-bond acceptors (Lipinski definition) is 3. The lowest BCUT2D eigenvalue weighted by molar-refractivity contribution is 0.458. The summed E-state index contributed by atoms with van der Waals surface area (Å²) in [6.45, 7) is 1.80. The van der Waals surface area contributed by atoms with Crippen LogP contribution in [-0.2, 0) is 9.84 Å². The topological polar surface area (TPSA) is 54.4 Å². The van der Waals surface area contributed by atoms with Crippen molar-refractivity contribution in [2.75, 3.05) is 0 Å². The predicted octanol–water partition coefficient (Wildman–Crippen LogP) is 2.36. The van der Waals surface area contributed by atoms with Crippen LogP contribution in [0, 0.1) is 6.92 Å². The van der Waals surface area contributed by atoms with Gasteiger partial charge in [-0.2, -0.15) is 0 Å². The number of hydrogen-bond donors (Lipinski definition) is 1. The Balaban J connectivity index is 2.48. The van der Waals surface area contributed by atoms with Gasteiger partial charge in [-0.15, -0.1) is 0 Å². The number of benzene rings is 1. The fourth-order valence-electron chi connectivity index (χ4n) is 1.80. The first kappa shape index (κ1) is 11.9. The Hall–Kier alpha value is -1.55. The van der Waals surface area contributed by atoms with E-state index >= 15 is 0 Å². The third-order valence-electron chi connectivity index (χ3n) is 2.76. The molecule has 3 nitrogen and oxygen atoms in total. The fraction of sp³-hybridized carbons (Fsp3) is 0.231. The largest absolute Gasteiger partial charge is 0.507 e. The summed E-state index contributed by atoms with van der Waals surface area (Å²) in [6.07, 6.45) is 7.46. The van der Waals surface area contributed by atoms with Crippen LogP contribution in [0.5, 0.6) is 5.75 Å². The van der Waals surface area contributed by atoms with Gasteiger partial charge in [0, 0.05) is 0 Å². The maximum absolute atomic E-state index is 12.3. The van der Waals surface area contributed by atoms with Crippen LogP contribution in [0.1, 0.15) is 12.0 Å². The van der Waals surface area contributed by atoms with Crippen molar-refractivity contribution in [2.24, 2.45) is 0 Å². The summed E-state index contributed by atoms with van der Waals surface area (Å²) in [5.74, 6) is -0.182. The molecule has 0 aliphatic heterocycles. The molecule has 1 unspecified atom stereocenters. The Morgan fingerprint density at radius 2 is 2.06 bits per heavy atom. The van der Waals surface area contributed by atoms with Crippen LogP contribution >= 0.6 is 0 Å². The number of allylic oxidation sites excluding steroid dienone is 3. The first-order valence-corrected chi connectivity index (χ1v) is 6.93. The van der Waals surface area contributed by atoms with Crippen LogP contribution in [0.2, 0.25) is 0 Å². The highest BCUT2D eigenvalue weighted by atomic mass is 32.2. The van der Waals surface area contributed by atoms with Gasteiger partial charge in [-0.25, -0.2) is 8.42 Å². The van der Waals surface area contributed by atoms with Gasteiger partial charge in [0.2, 0.25) is 0 Å². The molecule has 1 aromatic rings. The Morgan fingerprint density at radius 1 is 1.29 bits per heavy atom. The van der Waals surface area contributed by atoms with E-state index in [9.17, 15) is 13.5 Å². The minimum Gasteiger partial charge on any atom is -0.507 e. The van der Waals surface area contributed by atoms with E-state index in [1.54, 1.807) is 25.1 Å². The van der Waals surface area contributed by atoms with E-state index < -0.39 is 15.1 Å². The summed E-state index contributed by atoms with van der Waals surface area (Å²) in [7, 11) is -3.50. The lowest BCUT2D eigenvalue weighted by atomic mass is 10.2. The highest BCUT2D eigenvalue weighted by molar-refractivity contribution is 7.92. The molecule has 0 spiro atoms. The van der Waals surface area contributed by atoms with Crippen molar-refractivity contribution in [1.29, 1.82) is 0 Å². The van der Waals surface area contributed by atoms with Gasteiger partial charge in [0.15, 0.2) is 9.84 Å². The molecule has 1 N–H and O–H groups in total. The summed E-state index contributed by atoms with van der Waals surface area (Å²) in [5, 5.41) is 9.10. The Bertz CT molecular complexity index is 583. The molecule has 0 saturated carbocycles. The standard InChI is InChI=1S/C13H14O3S/c1-10-7-8-12(14)13(9-10)17(15,16)11-5-3-2-4-6-11/h2-5,7-9,11,14H,6H2,1H3. The van der Waals surface area contributed by atoms with E-state index in [0.717, 1.165) is 5.56 Å². The van der Waals surface area contributed by atoms with Crippen LogP contribution in [0.25, 0.3) is 0 Å². The van der Waals surface area contributed by atoms with Gasteiger partial charge in [-0.1, -0.05) is 30.4 Å². The second kappa shape index (κ2) is 4.37. The molecule has 4 heteroatoms. The SMILES string of the molecule is Cc1ccc(O)c(S(=O)(=O)C2C=CC=CC2)c1. The second-order valence-electron chi connectivity index (χ2n) is 4.10. The minimum atomic E-state index is -3.50. The molecule has 0 bridgehead atoms. The van der Waals surface area contributed by atoms with Gasteiger partial charge >= 0.3 is 0 Å². The van der Waals surface area contributed by atoms with Gasteiger partial charge in [0.25, 0.3) is 0 Å². The van der Waals surface area contributed by atoms with E-state index in [4.69, 9.17) is 0 Å². The average Bonchev–Trinajstić information content (AvgIpc) is 2.33. The molecule has 0 aromatic heterocycles. The molecule has 1 aliphatic rings. The van der Waals surface area contributed by atoms with Gasteiger partial charge in [0.05, 0.1) is 5.25 Å². The molecule has 0 amide bonds. The fourth-order valence-corrected chi connectivity index (χ4v) is 3.50. The van der Waals surface area contributed by atoms with Crippen molar-refractivity contribution < 1.29 is 13.5 Å². The number of aromatic hydroxyl groups is 1. The zero-order chi connectivity index (χ0) is 12.5. The third kappa shape index (κ3) is 2.26. The van der Waals surface area contributed by atoms with Crippen LogP contribution in [0.3, 0.4) is 0 Å². The maximum Gasteiger partial charge on any atom is 0.188 e. The molecule has 1 aromatic carbocycles. The first-order valence-electron chi connectivity index (χ1n) is 5.38. The molecule has 1 atom stereocenters. The van der Waals surface area contributed by atoms with E-state index in [0.29, 0.717) is 6.42 Å². The first-order chi connectivity index (χ1) is 8.01. The van der Waals surface area contributed by atoms with Crippen molar-refractivity contribution in [3.05, 3.63) is 48.1 Å². The number of phenolic OH excluding ortho intramolecular Hbond substituents is 1. The summed E-state index contributed by atoms with van der Waals surface area (Å²) in [6, 6.07) is 4.62. The lowest BCUT2D eigenvalue weighted by Crippen LogP contribution is -2.19. The molecule has 0 fully saturated rings. The zero-order valence-electron chi connectivity index (χ0n) is 9.50. The molecule has 17 heavy (non-hydrogen) atoms. The number of phenols is 1. The lowest BCUT2D eigenvalue weighted by Gasteiger charge is -2.15. The van der Waals surface area contributed by atoms with E-state index in [2.05, 4.69) is 0 Å². The smallest absolute Gasteiger partial charge is 0.188 e. The number of sulfone groups is 1. The quantitative estimate of drug-likeness (QED) is 0.876. The molecular formula is C13H14O3S. The Labute approximate surface area is 101 Å². The van der Waals surface area contributed by atoms with Crippen LogP contribution < -0.4 is 0 Å². The molecule has 0 radical (unpaired) electrons. The van der Waals surface area contributed by atoms with Crippen molar-refractivity contribution in [2.45, 2.75) is 23.5 Å². The molecule has 0 saturated heterocycles. The third-order valence-corrected chi connectivity index (χ3v) is 4.85. The zero-order valence-corrected chi connectivity index (χ0v) is 10.3. The maximum atomic E-state index is 12.3. The van der Waals surface area contributed by atoms with Crippen molar-refractivity contribution in [3.63, 3.8) is 0 Å². The highest BCUT2D eigenvalue weighted by Gasteiger charge is 2.27. The van der Waals surface area contributed by atoms with E-state index in [-0.39, 0.29) is 10.6 Å². The molecule has 0 heterocycles. The van der Waals surface area contributed by atoms with Gasteiger partial charge < -0.3 is 5.11 Å². The van der Waals surface area contributed by atoms with Crippen LogP contribution in [0.15, 0.2) is 47.4 Å². The number of aryl methyl sites for hydroxylation is 1. The van der Waals surface area contributed by atoms with Crippen molar-refractivity contribution in [1.82, 2.24) is 0 Å². The summed E-state index contributed by atoms with van der Waals surface area (Å²) in [5.41, 5.74) is 0.816. The van der Waals surface area contributed by atoms with Crippen LogP contribution in [0.4, 0.5) is 0 Å². The van der Waals surface area contributed by atoms with Gasteiger partial charge in [-0.05, 0) is 31.0 Å². The monoisotopic (exact) mass is 250 g/mol. The molecule has 2 rings (SSSR count). The minimum absolute atomic E-state index is 0.0162. The van der Waals surface area contributed by atoms with Crippen molar-refractivity contribution in [3.8, 4) is 5.75 Å². The van der Waals surface area contributed by atoms with E-state index in [1.807, 2.05) is 12.2 Å². The highest BCUT2D eigenvalue weighted by Crippen LogP contribution is 2.29. The summed E-state index contributed by atoms with van der Waals surface area (Å²) < 4.78 is 24.6. The van der Waals surface area contributed by atoms with Gasteiger partial charge in [-0.3, -0.25) is 0 Å². The summed E-state index contributed by atoms with van der Waals surface area (Å²) >= 11 is 0.